The zero-order valence-corrected chi connectivity index (χ0v) is 9.33. The van der Waals surface area contributed by atoms with Crippen molar-refractivity contribution in [3.05, 3.63) is 47.9 Å². The first-order valence-electron chi connectivity index (χ1n) is 5.23. The molecule has 1 aromatic heterocycles. The van der Waals surface area contributed by atoms with Gasteiger partial charge < -0.3 is 9.15 Å². The largest absolute Gasteiger partial charge is 0.464 e. The van der Waals surface area contributed by atoms with Crippen LogP contribution in [0.3, 0.4) is 0 Å². The lowest BCUT2D eigenvalue weighted by atomic mass is 9.97. The van der Waals surface area contributed by atoms with Crippen molar-refractivity contribution in [2.45, 2.75) is 13.8 Å². The zero-order valence-electron chi connectivity index (χ0n) is 9.33. The highest BCUT2D eigenvalue weighted by Crippen LogP contribution is 2.39. The molecule has 0 bridgehead atoms. The molecule has 0 aliphatic carbocycles. The molecule has 2 heteroatoms. The van der Waals surface area contributed by atoms with Crippen LogP contribution >= 0.6 is 0 Å². The summed E-state index contributed by atoms with van der Waals surface area (Å²) in [4.78, 5) is 0. The molecule has 0 N–H and O–H groups in total. The van der Waals surface area contributed by atoms with Crippen molar-refractivity contribution in [2.24, 2.45) is 0 Å². The molecule has 16 heavy (non-hydrogen) atoms. The maximum Gasteiger partial charge on any atom is 0.138 e. The standard InChI is InChI=1S/C14H12O2/c1-8-9(2)12-6-11-4-5-15-13(11)7-14(12)16-10(8)3/h4-7H,3H2,1-2H3. The summed E-state index contributed by atoms with van der Waals surface area (Å²) in [5.74, 6) is 1.55. The molecule has 0 amide bonds. The van der Waals surface area contributed by atoms with E-state index in [-0.39, 0.29) is 0 Å². The molecule has 0 radical (unpaired) electrons. The third-order valence-corrected chi connectivity index (χ3v) is 3.17. The summed E-state index contributed by atoms with van der Waals surface area (Å²) in [5.41, 5.74) is 4.29. The number of rotatable bonds is 0. The predicted molar refractivity (Wildman–Crippen MR) is 64.3 cm³/mol. The molecule has 1 aromatic carbocycles. The summed E-state index contributed by atoms with van der Waals surface area (Å²) in [6.45, 7) is 8.02. The van der Waals surface area contributed by atoms with E-state index in [0.29, 0.717) is 0 Å². The predicted octanol–water partition coefficient (Wildman–Crippen LogP) is 4.13. The highest BCUT2D eigenvalue weighted by Gasteiger charge is 2.19. The van der Waals surface area contributed by atoms with E-state index in [2.05, 4.69) is 19.6 Å². The minimum Gasteiger partial charge on any atom is -0.464 e. The average molecular weight is 212 g/mol. The number of fused-ring (bicyclic) bond motifs is 2. The van der Waals surface area contributed by atoms with Crippen LogP contribution in [0, 0.1) is 0 Å². The van der Waals surface area contributed by atoms with Gasteiger partial charge in [0.1, 0.15) is 17.1 Å². The van der Waals surface area contributed by atoms with Gasteiger partial charge in [0.05, 0.1) is 6.26 Å². The van der Waals surface area contributed by atoms with Gasteiger partial charge in [-0.3, -0.25) is 0 Å². The molecule has 1 aliphatic rings. The Kier molecular flexibility index (Phi) is 1.75. The number of ether oxygens (including phenoxy) is 1. The first-order chi connectivity index (χ1) is 7.66. The van der Waals surface area contributed by atoms with E-state index < -0.39 is 0 Å². The average Bonchev–Trinajstić information content (AvgIpc) is 2.71. The number of hydrogen-bond donors (Lipinski definition) is 0. The maximum absolute atomic E-state index is 5.68. The van der Waals surface area contributed by atoms with Crippen molar-refractivity contribution in [3.8, 4) is 5.75 Å². The molecule has 0 saturated heterocycles. The maximum atomic E-state index is 5.68. The van der Waals surface area contributed by atoms with Crippen LogP contribution in [0.15, 0.2) is 46.8 Å². The van der Waals surface area contributed by atoms with Crippen molar-refractivity contribution in [2.75, 3.05) is 0 Å². The summed E-state index contributed by atoms with van der Waals surface area (Å²) in [7, 11) is 0. The van der Waals surface area contributed by atoms with E-state index in [1.807, 2.05) is 19.1 Å². The van der Waals surface area contributed by atoms with Crippen molar-refractivity contribution in [1.29, 1.82) is 0 Å². The molecule has 0 spiro atoms. The fourth-order valence-electron chi connectivity index (χ4n) is 1.99. The topological polar surface area (TPSA) is 22.4 Å². The van der Waals surface area contributed by atoms with E-state index in [1.165, 1.54) is 5.57 Å². The van der Waals surface area contributed by atoms with Crippen LogP contribution in [-0.4, -0.2) is 0 Å². The fourth-order valence-corrected chi connectivity index (χ4v) is 1.99. The van der Waals surface area contributed by atoms with Gasteiger partial charge in [-0.05, 0) is 37.1 Å². The Morgan fingerprint density at radius 2 is 1.94 bits per heavy atom. The van der Waals surface area contributed by atoms with Gasteiger partial charge in [0.2, 0.25) is 0 Å². The monoisotopic (exact) mass is 212 g/mol. The number of allylic oxidation sites excluding steroid dienone is 2. The van der Waals surface area contributed by atoms with Crippen LogP contribution < -0.4 is 4.74 Å². The highest BCUT2D eigenvalue weighted by molar-refractivity contribution is 5.87. The summed E-state index contributed by atoms with van der Waals surface area (Å²) in [6.07, 6.45) is 1.69. The van der Waals surface area contributed by atoms with Crippen molar-refractivity contribution >= 4 is 16.5 Å². The fraction of sp³-hybridized carbons (Fsp3) is 0.143. The Morgan fingerprint density at radius 3 is 2.75 bits per heavy atom. The van der Waals surface area contributed by atoms with Gasteiger partial charge in [-0.25, -0.2) is 0 Å². The Balaban J connectivity index is 2.35. The molecule has 0 fully saturated rings. The van der Waals surface area contributed by atoms with Crippen LogP contribution in [0.4, 0.5) is 0 Å². The Bertz CT molecular complexity index is 629. The summed E-state index contributed by atoms with van der Waals surface area (Å²) >= 11 is 0. The molecule has 3 rings (SSSR count). The van der Waals surface area contributed by atoms with Crippen LogP contribution in [0.1, 0.15) is 19.4 Å². The van der Waals surface area contributed by atoms with Gasteiger partial charge in [-0.1, -0.05) is 6.58 Å². The van der Waals surface area contributed by atoms with Crippen molar-refractivity contribution in [3.63, 3.8) is 0 Å². The minimum absolute atomic E-state index is 0.718. The van der Waals surface area contributed by atoms with Crippen LogP contribution in [-0.2, 0) is 0 Å². The highest BCUT2D eigenvalue weighted by atomic mass is 16.5. The van der Waals surface area contributed by atoms with E-state index in [1.54, 1.807) is 6.26 Å². The first kappa shape index (κ1) is 9.28. The lowest BCUT2D eigenvalue weighted by Gasteiger charge is -2.21. The Morgan fingerprint density at radius 1 is 1.12 bits per heavy atom. The summed E-state index contributed by atoms with van der Waals surface area (Å²) < 4.78 is 11.0. The van der Waals surface area contributed by atoms with E-state index in [4.69, 9.17) is 9.15 Å². The van der Waals surface area contributed by atoms with E-state index >= 15 is 0 Å². The van der Waals surface area contributed by atoms with Gasteiger partial charge in [0.25, 0.3) is 0 Å². The molecule has 2 aromatic rings. The second-order valence-corrected chi connectivity index (χ2v) is 4.08. The number of furan rings is 1. The van der Waals surface area contributed by atoms with Crippen LogP contribution in [0.25, 0.3) is 16.5 Å². The zero-order chi connectivity index (χ0) is 11.3. The normalized spacial score (nSPS) is 15.2. The first-order valence-corrected chi connectivity index (χ1v) is 5.23. The molecule has 2 heterocycles. The van der Waals surface area contributed by atoms with Gasteiger partial charge in [0.15, 0.2) is 0 Å². The second kappa shape index (κ2) is 3.01. The Labute approximate surface area is 93.8 Å². The molecule has 0 unspecified atom stereocenters. The molecular weight excluding hydrogens is 200 g/mol. The molecular formula is C14H12O2. The van der Waals surface area contributed by atoms with E-state index in [9.17, 15) is 0 Å². The smallest absolute Gasteiger partial charge is 0.138 e. The SMILES string of the molecule is C=C1Oc2cc3occc3cc2C(C)=C1C. The summed E-state index contributed by atoms with van der Waals surface area (Å²) in [6, 6.07) is 5.98. The molecule has 0 atom stereocenters. The third kappa shape index (κ3) is 1.13. The lowest BCUT2D eigenvalue weighted by molar-refractivity contribution is 0.432. The Hall–Kier alpha value is -1.96. The third-order valence-electron chi connectivity index (χ3n) is 3.17. The van der Waals surface area contributed by atoms with Crippen molar-refractivity contribution in [1.82, 2.24) is 0 Å². The van der Waals surface area contributed by atoms with Crippen molar-refractivity contribution < 1.29 is 9.15 Å². The van der Waals surface area contributed by atoms with Crippen LogP contribution in [0.2, 0.25) is 0 Å². The molecule has 1 aliphatic heterocycles. The molecule has 0 saturated carbocycles. The summed E-state index contributed by atoms with van der Waals surface area (Å²) in [5, 5.41) is 1.10. The van der Waals surface area contributed by atoms with Gasteiger partial charge in [0, 0.05) is 17.0 Å². The van der Waals surface area contributed by atoms with Gasteiger partial charge >= 0.3 is 0 Å². The van der Waals surface area contributed by atoms with Gasteiger partial charge in [-0.15, -0.1) is 0 Å². The van der Waals surface area contributed by atoms with E-state index in [0.717, 1.165) is 33.6 Å². The van der Waals surface area contributed by atoms with Gasteiger partial charge in [-0.2, -0.15) is 0 Å². The second-order valence-electron chi connectivity index (χ2n) is 4.08. The van der Waals surface area contributed by atoms with Crippen LogP contribution in [0.5, 0.6) is 5.75 Å². The minimum atomic E-state index is 0.718. The number of hydrogen-bond acceptors (Lipinski definition) is 2. The molecule has 2 nitrogen and oxygen atoms in total. The quantitative estimate of drug-likeness (QED) is 0.655. The lowest BCUT2D eigenvalue weighted by Crippen LogP contribution is -2.05. The molecule has 80 valence electrons. The number of benzene rings is 1.